The molecule has 0 aromatic heterocycles. The van der Waals surface area contributed by atoms with E-state index in [-0.39, 0.29) is 17.7 Å². The van der Waals surface area contributed by atoms with Crippen LogP contribution in [0.25, 0.3) is 10.8 Å². The minimum Gasteiger partial charge on any atom is -0.508 e. The van der Waals surface area contributed by atoms with Gasteiger partial charge in [0.05, 0.1) is 6.04 Å². The van der Waals surface area contributed by atoms with Gasteiger partial charge in [-0.2, -0.15) is 0 Å². The Morgan fingerprint density at radius 1 is 1.11 bits per heavy atom. The summed E-state index contributed by atoms with van der Waals surface area (Å²) in [5, 5.41) is 16.0. The van der Waals surface area contributed by atoms with Gasteiger partial charge in [0.25, 0.3) is 0 Å². The molecule has 0 bridgehead atoms. The molecular weight excluding hydrogens is 362 g/mol. The average Bonchev–Trinajstić information content (AvgIpc) is 3.14. The second kappa shape index (κ2) is 7.19. The molecule has 3 aromatic carbocycles. The van der Waals surface area contributed by atoms with E-state index in [0.717, 1.165) is 22.0 Å². The molecule has 4 N–H and O–H groups in total. The Bertz CT molecular complexity index is 1020. The van der Waals surface area contributed by atoms with E-state index in [2.05, 4.69) is 16.2 Å². The van der Waals surface area contributed by atoms with Crippen molar-refractivity contribution in [1.82, 2.24) is 10.9 Å². The molecule has 2 atom stereocenters. The van der Waals surface area contributed by atoms with Crippen LogP contribution in [-0.4, -0.2) is 17.1 Å². The van der Waals surface area contributed by atoms with Gasteiger partial charge in [-0.3, -0.25) is 4.79 Å². The predicted molar refractivity (Wildman–Crippen MR) is 108 cm³/mol. The first-order valence-electron chi connectivity index (χ1n) is 8.81. The number of carbonyl (C=O) groups is 1. The van der Waals surface area contributed by atoms with Crippen LogP contribution in [0.2, 0.25) is 5.02 Å². The molecule has 1 heterocycles. The maximum atomic E-state index is 12.6. The Morgan fingerprint density at radius 3 is 2.70 bits per heavy atom. The first kappa shape index (κ1) is 17.8. The minimum atomic E-state index is -0.416. The van der Waals surface area contributed by atoms with E-state index in [0.29, 0.717) is 17.0 Å². The lowest BCUT2D eigenvalue weighted by Crippen LogP contribution is -2.39. The third-order valence-corrected chi connectivity index (χ3v) is 5.33. The van der Waals surface area contributed by atoms with Crippen molar-refractivity contribution in [3.63, 3.8) is 0 Å². The molecule has 138 valence electrons. The highest BCUT2D eigenvalue weighted by Gasteiger charge is 2.31. The zero-order valence-corrected chi connectivity index (χ0v) is 15.5. The molecule has 0 aliphatic carbocycles. The minimum absolute atomic E-state index is 0.127. The van der Waals surface area contributed by atoms with Gasteiger partial charge in [-0.05, 0) is 53.9 Å². The number of aromatic hydroxyl groups is 1. The normalized spacial score (nSPS) is 19.3. The fourth-order valence-electron chi connectivity index (χ4n) is 3.39. The number of nitrogens with one attached hydrogen (secondary N) is 3. The van der Waals surface area contributed by atoms with E-state index in [9.17, 15) is 9.90 Å². The number of benzene rings is 3. The van der Waals surface area contributed by atoms with Gasteiger partial charge in [-0.25, -0.2) is 10.9 Å². The zero-order chi connectivity index (χ0) is 19.0. The highest BCUT2D eigenvalue weighted by atomic mass is 35.5. The van der Waals surface area contributed by atoms with Crippen molar-refractivity contribution in [3.8, 4) is 5.75 Å². The van der Waals surface area contributed by atoms with Crippen LogP contribution in [0.1, 0.15) is 23.6 Å². The molecule has 1 aliphatic heterocycles. The van der Waals surface area contributed by atoms with Crippen LogP contribution >= 0.6 is 11.6 Å². The number of fused-ring (bicyclic) bond motifs is 1. The molecule has 0 spiro atoms. The fraction of sp³-hybridized carbons (Fsp3) is 0.190. The lowest BCUT2D eigenvalue weighted by molar-refractivity contribution is -0.117. The van der Waals surface area contributed by atoms with Crippen molar-refractivity contribution < 1.29 is 9.90 Å². The summed E-state index contributed by atoms with van der Waals surface area (Å²) in [5.41, 5.74) is 8.33. The summed E-state index contributed by atoms with van der Waals surface area (Å²) < 4.78 is 0. The molecule has 6 heteroatoms. The summed E-state index contributed by atoms with van der Waals surface area (Å²) in [6.07, 6.45) is 0.506. The highest BCUT2D eigenvalue weighted by Crippen LogP contribution is 2.34. The Labute approximate surface area is 162 Å². The van der Waals surface area contributed by atoms with Crippen LogP contribution < -0.4 is 16.2 Å². The zero-order valence-electron chi connectivity index (χ0n) is 14.8. The topological polar surface area (TPSA) is 73.4 Å². The lowest BCUT2D eigenvalue weighted by Gasteiger charge is -2.13. The van der Waals surface area contributed by atoms with Crippen molar-refractivity contribution in [2.24, 2.45) is 0 Å². The van der Waals surface area contributed by atoms with Crippen LogP contribution in [0.15, 0.2) is 54.6 Å². The third kappa shape index (κ3) is 3.62. The van der Waals surface area contributed by atoms with E-state index >= 15 is 0 Å². The number of hydrogen-bond acceptors (Lipinski definition) is 4. The molecule has 0 saturated carbocycles. The van der Waals surface area contributed by atoms with E-state index in [1.807, 2.05) is 49.4 Å². The van der Waals surface area contributed by atoms with Crippen molar-refractivity contribution in [3.05, 3.63) is 70.7 Å². The van der Waals surface area contributed by atoms with Gasteiger partial charge >= 0.3 is 0 Å². The predicted octanol–water partition coefficient (Wildman–Crippen LogP) is 4.05. The number of phenolic OH excluding ortho intramolecular Hbond substituents is 1. The average molecular weight is 382 g/mol. The molecule has 0 radical (unpaired) electrons. The quantitative estimate of drug-likeness (QED) is 0.552. The van der Waals surface area contributed by atoms with Crippen LogP contribution in [0.4, 0.5) is 5.69 Å². The van der Waals surface area contributed by atoms with Gasteiger partial charge in [-0.1, -0.05) is 41.9 Å². The summed E-state index contributed by atoms with van der Waals surface area (Å²) in [5.74, 6) is 0.0461. The van der Waals surface area contributed by atoms with Crippen LogP contribution in [-0.2, 0) is 4.79 Å². The second-order valence-corrected chi connectivity index (χ2v) is 7.25. The Kier molecular flexibility index (Phi) is 4.74. The molecular formula is C21H20ClN3O2. The Hall–Kier alpha value is -2.60. The number of anilines is 1. The van der Waals surface area contributed by atoms with Gasteiger partial charge in [0, 0.05) is 16.3 Å². The Morgan fingerprint density at radius 2 is 1.89 bits per heavy atom. The second-order valence-electron chi connectivity index (χ2n) is 6.84. The summed E-state index contributed by atoms with van der Waals surface area (Å²) in [6.45, 7) is 1.84. The first-order valence-corrected chi connectivity index (χ1v) is 9.19. The first-order chi connectivity index (χ1) is 13.0. The number of aryl methyl sites for hydroxylation is 1. The van der Waals surface area contributed by atoms with Crippen molar-refractivity contribution in [2.45, 2.75) is 25.4 Å². The molecule has 3 aromatic rings. The van der Waals surface area contributed by atoms with Gasteiger partial charge in [0.15, 0.2) is 0 Å². The van der Waals surface area contributed by atoms with E-state index in [4.69, 9.17) is 11.6 Å². The smallest absolute Gasteiger partial charge is 0.242 e. The van der Waals surface area contributed by atoms with Gasteiger partial charge in [-0.15, -0.1) is 0 Å². The number of rotatable bonds is 3. The number of hydrogen-bond donors (Lipinski definition) is 4. The van der Waals surface area contributed by atoms with Crippen LogP contribution in [0.3, 0.4) is 0 Å². The summed E-state index contributed by atoms with van der Waals surface area (Å²) in [6, 6.07) is 16.6. The number of phenols is 1. The number of hydrazine groups is 1. The fourth-order valence-corrected chi connectivity index (χ4v) is 3.56. The van der Waals surface area contributed by atoms with E-state index in [1.165, 1.54) is 0 Å². The van der Waals surface area contributed by atoms with Crippen molar-refractivity contribution in [2.75, 3.05) is 5.32 Å². The molecule has 27 heavy (non-hydrogen) atoms. The summed E-state index contributed by atoms with van der Waals surface area (Å²) in [4.78, 5) is 12.6. The molecule has 4 rings (SSSR count). The van der Waals surface area contributed by atoms with Gasteiger partial charge in [0.1, 0.15) is 11.8 Å². The summed E-state index contributed by atoms with van der Waals surface area (Å²) in [7, 11) is 0. The number of carbonyl (C=O) groups excluding carboxylic acids is 1. The third-order valence-electron chi connectivity index (χ3n) is 4.92. The van der Waals surface area contributed by atoms with Crippen molar-refractivity contribution in [1.29, 1.82) is 0 Å². The molecule has 1 amide bonds. The standard InChI is InChI=1S/C21H20ClN3O2/c1-12-8-20(26)16(10-17(12)22)18-11-19(25-24-18)21(27)23-15-7-6-13-4-2-3-5-14(13)9-15/h2-10,18-19,24-26H,11H2,1H3,(H,23,27). The molecule has 1 aliphatic rings. The number of amides is 1. The molecule has 2 unspecified atom stereocenters. The maximum absolute atomic E-state index is 12.6. The molecule has 1 fully saturated rings. The lowest BCUT2D eigenvalue weighted by atomic mass is 9.99. The van der Waals surface area contributed by atoms with Gasteiger partial charge < -0.3 is 10.4 Å². The van der Waals surface area contributed by atoms with Crippen LogP contribution in [0.5, 0.6) is 5.75 Å². The summed E-state index contributed by atoms with van der Waals surface area (Å²) >= 11 is 6.18. The van der Waals surface area contributed by atoms with Gasteiger partial charge in [0.2, 0.25) is 5.91 Å². The Balaban J connectivity index is 1.46. The highest BCUT2D eigenvalue weighted by molar-refractivity contribution is 6.31. The SMILES string of the molecule is Cc1cc(O)c(C2CC(C(=O)Nc3ccc4ccccc4c3)NN2)cc1Cl. The number of halogens is 1. The maximum Gasteiger partial charge on any atom is 0.242 e. The monoisotopic (exact) mass is 381 g/mol. The molecule has 1 saturated heterocycles. The van der Waals surface area contributed by atoms with E-state index < -0.39 is 6.04 Å². The van der Waals surface area contributed by atoms with Crippen LogP contribution in [0, 0.1) is 6.92 Å². The molecule has 5 nitrogen and oxygen atoms in total. The largest absolute Gasteiger partial charge is 0.508 e. The van der Waals surface area contributed by atoms with E-state index in [1.54, 1.807) is 12.1 Å². The van der Waals surface area contributed by atoms with Crippen molar-refractivity contribution >= 4 is 34.0 Å².